The van der Waals surface area contributed by atoms with Crippen molar-refractivity contribution in [3.8, 4) is 0 Å². The summed E-state index contributed by atoms with van der Waals surface area (Å²) in [6.07, 6.45) is 9.68. The number of aliphatic hydroxyl groups excluding tert-OH is 1. The molecule has 0 heterocycles. The predicted octanol–water partition coefficient (Wildman–Crippen LogP) is 5.27. The van der Waals surface area contributed by atoms with E-state index in [4.69, 9.17) is 0 Å². The summed E-state index contributed by atoms with van der Waals surface area (Å²) in [6.45, 7) is 11.6. The molecule has 0 aromatic heterocycles. The zero-order valence-corrected chi connectivity index (χ0v) is 17.7. The smallest absolute Gasteiger partial charge is 0.0622 e. The first kappa shape index (κ1) is 19.2. The molecular formula is C24H42O2. The molecule has 2 nitrogen and oxygen atoms in total. The minimum atomic E-state index is -0.415. The minimum absolute atomic E-state index is 0.171. The van der Waals surface area contributed by atoms with Crippen molar-refractivity contribution in [1.82, 2.24) is 0 Å². The zero-order chi connectivity index (χ0) is 18.9. The third kappa shape index (κ3) is 2.89. The molecule has 26 heavy (non-hydrogen) atoms. The lowest BCUT2D eigenvalue weighted by Crippen LogP contribution is -2.58. The van der Waals surface area contributed by atoms with Gasteiger partial charge in [0, 0.05) is 0 Å². The highest BCUT2D eigenvalue weighted by molar-refractivity contribution is 5.08. The molecule has 0 amide bonds. The summed E-state index contributed by atoms with van der Waals surface area (Å²) >= 11 is 0. The molecule has 0 aromatic carbocycles. The highest BCUT2D eigenvalue weighted by atomic mass is 16.3. The summed E-state index contributed by atoms with van der Waals surface area (Å²) in [7, 11) is 0. The Morgan fingerprint density at radius 1 is 0.923 bits per heavy atom. The second kappa shape index (κ2) is 6.48. The predicted molar refractivity (Wildman–Crippen MR) is 107 cm³/mol. The molecule has 2 unspecified atom stereocenters. The third-order valence-electron chi connectivity index (χ3n) is 10.1. The molecule has 2 N–H and O–H groups in total. The van der Waals surface area contributed by atoms with Crippen molar-refractivity contribution < 1.29 is 10.2 Å². The monoisotopic (exact) mass is 362 g/mol. The van der Waals surface area contributed by atoms with Crippen LogP contribution in [-0.4, -0.2) is 21.9 Å². The van der Waals surface area contributed by atoms with Crippen LogP contribution in [0, 0.1) is 52.8 Å². The number of rotatable bonds is 1. The molecule has 0 spiro atoms. The van der Waals surface area contributed by atoms with Crippen LogP contribution in [0.15, 0.2) is 0 Å². The van der Waals surface area contributed by atoms with Crippen LogP contribution in [0.3, 0.4) is 0 Å². The van der Waals surface area contributed by atoms with Crippen molar-refractivity contribution in [2.24, 2.45) is 52.8 Å². The molecule has 4 aliphatic rings. The highest BCUT2D eigenvalue weighted by Crippen LogP contribution is 2.65. The number of fused-ring (bicyclic) bond motifs is 5. The maximum atomic E-state index is 10.6. The van der Waals surface area contributed by atoms with E-state index >= 15 is 0 Å². The lowest BCUT2D eigenvalue weighted by atomic mass is 9.41. The first-order valence-corrected chi connectivity index (χ1v) is 11.5. The molecule has 0 bridgehead atoms. The largest absolute Gasteiger partial charge is 0.393 e. The lowest BCUT2D eigenvalue weighted by Gasteiger charge is -2.64. The molecule has 0 aromatic rings. The summed E-state index contributed by atoms with van der Waals surface area (Å²) in [5.74, 6) is 6.13. The Hall–Kier alpha value is -0.0800. The van der Waals surface area contributed by atoms with Crippen LogP contribution < -0.4 is 0 Å². The fourth-order valence-corrected chi connectivity index (χ4v) is 8.77. The SMILES string of the molecule is CC(O)C1C[C@H](C)[C@@H](C)[C@H]2[C@@H]3CC[C@@H]4C[C@](C)(O)CC[C@@H]4[C@H]3CC[C@]12C. The van der Waals surface area contributed by atoms with Gasteiger partial charge in [-0.3, -0.25) is 0 Å². The second-order valence-electron chi connectivity index (χ2n) is 11.6. The van der Waals surface area contributed by atoms with E-state index in [2.05, 4.69) is 27.7 Å². The molecule has 4 rings (SSSR count). The van der Waals surface area contributed by atoms with E-state index in [-0.39, 0.29) is 6.10 Å². The van der Waals surface area contributed by atoms with Gasteiger partial charge in [0.1, 0.15) is 0 Å². The quantitative estimate of drug-likeness (QED) is 0.667. The van der Waals surface area contributed by atoms with Crippen molar-refractivity contribution in [3.63, 3.8) is 0 Å². The molecule has 0 radical (unpaired) electrons. The van der Waals surface area contributed by atoms with Gasteiger partial charge in [0.2, 0.25) is 0 Å². The Labute approximate surface area is 161 Å². The third-order valence-corrected chi connectivity index (χ3v) is 10.1. The van der Waals surface area contributed by atoms with Gasteiger partial charge in [-0.15, -0.1) is 0 Å². The van der Waals surface area contributed by atoms with Gasteiger partial charge in [0.15, 0.2) is 0 Å². The average Bonchev–Trinajstić information content (AvgIpc) is 2.56. The Morgan fingerprint density at radius 3 is 2.31 bits per heavy atom. The molecule has 0 aliphatic heterocycles. The van der Waals surface area contributed by atoms with Crippen molar-refractivity contribution in [2.45, 2.75) is 97.7 Å². The molecule has 4 saturated carbocycles. The topological polar surface area (TPSA) is 40.5 Å². The molecule has 4 fully saturated rings. The van der Waals surface area contributed by atoms with Gasteiger partial charge in [0.05, 0.1) is 11.7 Å². The first-order valence-electron chi connectivity index (χ1n) is 11.5. The number of hydrogen-bond acceptors (Lipinski definition) is 2. The summed E-state index contributed by atoms with van der Waals surface area (Å²) in [4.78, 5) is 0. The molecule has 0 saturated heterocycles. The Morgan fingerprint density at radius 2 is 1.62 bits per heavy atom. The van der Waals surface area contributed by atoms with Crippen LogP contribution in [0.5, 0.6) is 0 Å². The second-order valence-corrected chi connectivity index (χ2v) is 11.6. The van der Waals surface area contributed by atoms with E-state index in [1.54, 1.807) is 0 Å². The van der Waals surface area contributed by atoms with Gasteiger partial charge in [-0.1, -0.05) is 20.8 Å². The maximum absolute atomic E-state index is 10.6. The van der Waals surface area contributed by atoms with Crippen molar-refractivity contribution in [2.75, 3.05) is 0 Å². The van der Waals surface area contributed by atoms with E-state index in [9.17, 15) is 10.2 Å². The fourth-order valence-electron chi connectivity index (χ4n) is 8.77. The average molecular weight is 363 g/mol. The normalized spacial score (nSPS) is 58.3. The van der Waals surface area contributed by atoms with Crippen molar-refractivity contribution in [1.29, 1.82) is 0 Å². The molecule has 4 aliphatic carbocycles. The summed E-state index contributed by atoms with van der Waals surface area (Å²) < 4.78 is 0. The van der Waals surface area contributed by atoms with Crippen LogP contribution in [-0.2, 0) is 0 Å². The van der Waals surface area contributed by atoms with Crippen molar-refractivity contribution in [3.05, 3.63) is 0 Å². The van der Waals surface area contributed by atoms with Crippen LogP contribution in [0.4, 0.5) is 0 Å². The zero-order valence-electron chi connectivity index (χ0n) is 17.7. The molecule has 2 heteroatoms. The molecule has 150 valence electrons. The van der Waals surface area contributed by atoms with Gasteiger partial charge in [-0.25, -0.2) is 0 Å². The lowest BCUT2D eigenvalue weighted by molar-refractivity contribution is -0.170. The molecule has 11 atom stereocenters. The Balaban J connectivity index is 1.62. The highest BCUT2D eigenvalue weighted by Gasteiger charge is 2.59. The van der Waals surface area contributed by atoms with Gasteiger partial charge >= 0.3 is 0 Å². The van der Waals surface area contributed by atoms with Crippen LogP contribution >= 0.6 is 0 Å². The van der Waals surface area contributed by atoms with Gasteiger partial charge in [-0.05, 0) is 118 Å². The van der Waals surface area contributed by atoms with Crippen LogP contribution in [0.25, 0.3) is 0 Å². The van der Waals surface area contributed by atoms with E-state index in [0.717, 1.165) is 54.3 Å². The fraction of sp³-hybridized carbons (Fsp3) is 1.00. The summed E-state index contributed by atoms with van der Waals surface area (Å²) in [5, 5.41) is 21.2. The van der Waals surface area contributed by atoms with Crippen LogP contribution in [0.1, 0.15) is 86.0 Å². The Bertz CT molecular complexity index is 526. The van der Waals surface area contributed by atoms with Gasteiger partial charge in [-0.2, -0.15) is 0 Å². The van der Waals surface area contributed by atoms with Crippen LogP contribution in [0.2, 0.25) is 0 Å². The van der Waals surface area contributed by atoms with E-state index < -0.39 is 5.60 Å². The van der Waals surface area contributed by atoms with E-state index in [0.29, 0.717) is 11.3 Å². The minimum Gasteiger partial charge on any atom is -0.393 e. The number of aliphatic hydroxyl groups is 2. The van der Waals surface area contributed by atoms with E-state index in [1.165, 1.54) is 38.5 Å². The Kier molecular flexibility index (Phi) is 4.79. The summed E-state index contributed by atoms with van der Waals surface area (Å²) in [5.41, 5.74) is -0.0878. The van der Waals surface area contributed by atoms with E-state index in [1.807, 2.05) is 6.92 Å². The maximum Gasteiger partial charge on any atom is 0.0622 e. The first-order chi connectivity index (χ1) is 12.1. The van der Waals surface area contributed by atoms with Gasteiger partial charge in [0.25, 0.3) is 0 Å². The molecular weight excluding hydrogens is 320 g/mol. The van der Waals surface area contributed by atoms with Gasteiger partial charge < -0.3 is 10.2 Å². The summed E-state index contributed by atoms with van der Waals surface area (Å²) in [6, 6.07) is 0. The standard InChI is InChI=1S/C24H42O2/c1-14-12-21(16(3)25)24(5)11-9-19-18-8-10-23(4,26)13-17(18)6-7-20(19)22(24)15(14)2/h14-22,25-26H,6-13H2,1-5H3/t14-,15+,16?,17+,18-,19+,20+,21?,22-,23+,24+/m0/s1. The number of hydrogen-bond donors (Lipinski definition) is 2. The van der Waals surface area contributed by atoms with Crippen molar-refractivity contribution >= 4 is 0 Å².